The third-order valence-corrected chi connectivity index (χ3v) is 3.27. The zero-order valence-corrected chi connectivity index (χ0v) is 9.94. The maximum Gasteiger partial charge on any atom is 0.236 e. The van der Waals surface area contributed by atoms with E-state index in [1.807, 2.05) is 18.2 Å². The first-order valence-electron chi connectivity index (χ1n) is 4.48. The second kappa shape index (κ2) is 5.74. The van der Waals surface area contributed by atoms with Gasteiger partial charge in [-0.3, -0.25) is 4.79 Å². The van der Waals surface area contributed by atoms with Crippen LogP contribution in [-0.4, -0.2) is 24.4 Å². The molecule has 0 atom stereocenters. The monoisotopic (exact) mass is 242 g/mol. The predicted octanol–water partition coefficient (Wildman–Crippen LogP) is 2.32. The molecule has 5 heteroatoms. The number of carbonyl (C=O) groups excluding carboxylic acids is 1. The van der Waals surface area contributed by atoms with Gasteiger partial charge in [0.15, 0.2) is 0 Å². The van der Waals surface area contributed by atoms with Gasteiger partial charge in [-0.15, -0.1) is 11.3 Å². The van der Waals surface area contributed by atoms with Gasteiger partial charge in [-0.2, -0.15) is 5.26 Å². The first-order valence-corrected chi connectivity index (χ1v) is 5.68. The minimum absolute atomic E-state index is 0.0539. The van der Waals surface area contributed by atoms with Gasteiger partial charge in [-0.05, 0) is 18.6 Å². The van der Waals surface area contributed by atoms with Crippen molar-refractivity contribution in [3.8, 4) is 6.07 Å². The van der Waals surface area contributed by atoms with Gasteiger partial charge in [0.25, 0.3) is 0 Å². The second-order valence-electron chi connectivity index (χ2n) is 3.11. The number of nitriles is 1. The highest BCUT2D eigenvalue weighted by Gasteiger charge is 2.08. The van der Waals surface area contributed by atoms with E-state index in [4.69, 9.17) is 16.9 Å². The molecule has 0 saturated heterocycles. The number of likely N-dealkylation sites (N-methyl/N-ethyl adjacent to an activating group) is 1. The molecule has 15 heavy (non-hydrogen) atoms. The Labute approximate surface area is 97.9 Å². The molecule has 3 nitrogen and oxygen atoms in total. The van der Waals surface area contributed by atoms with Crippen LogP contribution in [0.25, 0.3) is 0 Å². The predicted molar refractivity (Wildman–Crippen MR) is 60.9 cm³/mol. The molecule has 0 unspecified atom stereocenters. The molecule has 0 aliphatic heterocycles. The average Bonchev–Trinajstić information content (AvgIpc) is 2.61. The highest BCUT2D eigenvalue weighted by atomic mass is 35.5. The van der Waals surface area contributed by atoms with Crippen molar-refractivity contribution in [2.24, 2.45) is 0 Å². The Kier molecular flexibility index (Phi) is 4.60. The van der Waals surface area contributed by atoms with Gasteiger partial charge in [0.2, 0.25) is 5.91 Å². The SMILES string of the molecule is CN(CCc1ccc(Cl)s1)C(=O)CC#N. The molecule has 0 aliphatic rings. The first kappa shape index (κ1) is 12.0. The van der Waals surface area contributed by atoms with E-state index in [1.165, 1.54) is 11.3 Å². The molecular formula is C10H11ClN2OS. The van der Waals surface area contributed by atoms with E-state index >= 15 is 0 Å². The second-order valence-corrected chi connectivity index (χ2v) is 4.91. The molecule has 0 radical (unpaired) electrons. The van der Waals surface area contributed by atoms with Crippen LogP contribution in [0.1, 0.15) is 11.3 Å². The lowest BCUT2D eigenvalue weighted by Gasteiger charge is -2.14. The fourth-order valence-corrected chi connectivity index (χ4v) is 2.17. The summed E-state index contributed by atoms with van der Waals surface area (Å²) in [5.74, 6) is -0.139. The van der Waals surface area contributed by atoms with Crippen LogP contribution >= 0.6 is 22.9 Å². The van der Waals surface area contributed by atoms with Crippen LogP contribution in [0, 0.1) is 11.3 Å². The highest BCUT2D eigenvalue weighted by Crippen LogP contribution is 2.21. The van der Waals surface area contributed by atoms with E-state index in [0.717, 1.165) is 15.6 Å². The van der Waals surface area contributed by atoms with Crippen molar-refractivity contribution in [1.82, 2.24) is 4.90 Å². The van der Waals surface area contributed by atoms with Gasteiger partial charge in [-0.1, -0.05) is 11.6 Å². The summed E-state index contributed by atoms with van der Waals surface area (Å²) in [5, 5.41) is 8.36. The van der Waals surface area contributed by atoms with Crippen LogP contribution in [0.2, 0.25) is 4.34 Å². The van der Waals surface area contributed by atoms with Crippen LogP contribution in [-0.2, 0) is 11.2 Å². The van der Waals surface area contributed by atoms with Gasteiger partial charge >= 0.3 is 0 Å². The molecule has 0 N–H and O–H groups in total. The summed E-state index contributed by atoms with van der Waals surface area (Å²) in [6.07, 6.45) is 0.729. The Hall–Kier alpha value is -1.05. The summed E-state index contributed by atoms with van der Waals surface area (Å²) in [5.41, 5.74) is 0. The van der Waals surface area contributed by atoms with Gasteiger partial charge in [0, 0.05) is 18.5 Å². The highest BCUT2D eigenvalue weighted by molar-refractivity contribution is 7.16. The van der Waals surface area contributed by atoms with Crippen LogP contribution in [0.5, 0.6) is 0 Å². The van der Waals surface area contributed by atoms with Crippen LogP contribution in [0.4, 0.5) is 0 Å². The van der Waals surface area contributed by atoms with Crippen molar-refractivity contribution >= 4 is 28.8 Å². The smallest absolute Gasteiger partial charge is 0.236 e. The molecule has 1 heterocycles. The summed E-state index contributed by atoms with van der Waals surface area (Å²) >= 11 is 7.30. The minimum Gasteiger partial charge on any atom is -0.345 e. The molecule has 0 spiro atoms. The van der Waals surface area contributed by atoms with Crippen molar-refractivity contribution in [3.05, 3.63) is 21.3 Å². The fourth-order valence-electron chi connectivity index (χ4n) is 1.09. The van der Waals surface area contributed by atoms with Crippen molar-refractivity contribution < 1.29 is 4.79 Å². The van der Waals surface area contributed by atoms with Gasteiger partial charge in [-0.25, -0.2) is 0 Å². The van der Waals surface area contributed by atoms with Crippen molar-refractivity contribution in [3.63, 3.8) is 0 Å². The fraction of sp³-hybridized carbons (Fsp3) is 0.400. The summed E-state index contributed by atoms with van der Waals surface area (Å²) < 4.78 is 0.760. The zero-order chi connectivity index (χ0) is 11.3. The molecule has 1 aromatic rings. The number of hydrogen-bond donors (Lipinski definition) is 0. The van der Waals surface area contributed by atoms with Crippen LogP contribution in [0.15, 0.2) is 12.1 Å². The Morgan fingerprint density at radius 2 is 2.40 bits per heavy atom. The molecule has 80 valence electrons. The molecule has 1 rings (SSSR count). The van der Waals surface area contributed by atoms with E-state index in [2.05, 4.69) is 0 Å². The normalized spacial score (nSPS) is 9.67. The third kappa shape index (κ3) is 3.90. The number of nitrogens with zero attached hydrogens (tertiary/aromatic N) is 2. The lowest BCUT2D eigenvalue weighted by Crippen LogP contribution is -2.28. The molecule has 0 saturated carbocycles. The molecule has 1 amide bonds. The van der Waals surface area contributed by atoms with Gasteiger partial charge in [0.05, 0.1) is 10.4 Å². The zero-order valence-electron chi connectivity index (χ0n) is 8.36. The summed E-state index contributed by atoms with van der Waals surface area (Å²) in [4.78, 5) is 14.0. The van der Waals surface area contributed by atoms with E-state index < -0.39 is 0 Å². The maximum absolute atomic E-state index is 11.3. The van der Waals surface area contributed by atoms with E-state index in [-0.39, 0.29) is 12.3 Å². The molecular weight excluding hydrogens is 232 g/mol. The number of thiophene rings is 1. The van der Waals surface area contributed by atoms with Crippen LogP contribution in [0.3, 0.4) is 0 Å². The third-order valence-electron chi connectivity index (χ3n) is 1.98. The molecule has 0 bridgehead atoms. The Morgan fingerprint density at radius 1 is 1.67 bits per heavy atom. The number of halogens is 1. The molecule has 0 fully saturated rings. The number of hydrogen-bond acceptors (Lipinski definition) is 3. The quantitative estimate of drug-likeness (QED) is 0.813. The minimum atomic E-state index is -0.139. The number of carbonyl (C=O) groups is 1. The maximum atomic E-state index is 11.3. The Morgan fingerprint density at radius 3 is 2.93 bits per heavy atom. The van der Waals surface area contributed by atoms with Crippen LogP contribution < -0.4 is 0 Å². The number of rotatable bonds is 4. The lowest BCUT2D eigenvalue weighted by molar-refractivity contribution is -0.128. The summed E-state index contributed by atoms with van der Waals surface area (Å²) in [6.45, 7) is 0.622. The average molecular weight is 243 g/mol. The largest absolute Gasteiger partial charge is 0.345 e. The number of amides is 1. The first-order chi connectivity index (χ1) is 7.13. The van der Waals surface area contributed by atoms with Crippen molar-refractivity contribution in [2.45, 2.75) is 12.8 Å². The topological polar surface area (TPSA) is 44.1 Å². The molecule has 0 aromatic carbocycles. The summed E-state index contributed by atoms with van der Waals surface area (Å²) in [7, 11) is 1.70. The molecule has 1 aromatic heterocycles. The van der Waals surface area contributed by atoms with E-state index in [9.17, 15) is 4.79 Å². The summed E-state index contributed by atoms with van der Waals surface area (Å²) in [6, 6.07) is 5.64. The van der Waals surface area contributed by atoms with Gasteiger partial charge in [0.1, 0.15) is 6.42 Å². The Balaban J connectivity index is 2.37. The van der Waals surface area contributed by atoms with Crippen molar-refractivity contribution in [2.75, 3.05) is 13.6 Å². The van der Waals surface area contributed by atoms with Gasteiger partial charge < -0.3 is 4.90 Å². The lowest BCUT2D eigenvalue weighted by atomic mass is 10.3. The Bertz CT molecular complexity index is 383. The standard InChI is InChI=1S/C10H11ClN2OS/c1-13(10(14)4-6-12)7-5-8-2-3-9(11)15-8/h2-3H,4-5,7H2,1H3. The van der Waals surface area contributed by atoms with Crippen molar-refractivity contribution in [1.29, 1.82) is 5.26 Å². The molecule has 0 aliphatic carbocycles. The van der Waals surface area contributed by atoms with E-state index in [1.54, 1.807) is 11.9 Å². The van der Waals surface area contributed by atoms with E-state index in [0.29, 0.717) is 6.54 Å².